The molecule has 0 spiro atoms. The molecule has 0 unspecified atom stereocenters. The van der Waals surface area contributed by atoms with E-state index in [4.69, 9.17) is 9.47 Å². The molecule has 0 saturated carbocycles. The highest BCUT2D eigenvalue weighted by Gasteiger charge is 2.14. The second kappa shape index (κ2) is 20.4. The third kappa shape index (κ3) is 11.4. The van der Waals surface area contributed by atoms with Gasteiger partial charge in [0.2, 0.25) is 6.79 Å². The number of nitrogens with zero attached hydrogens (tertiary/aromatic N) is 2. The molecule has 0 radical (unpaired) electrons. The molecule has 3 aliphatic rings. The summed E-state index contributed by atoms with van der Waals surface area (Å²) in [5, 5.41) is 1.29. The monoisotopic (exact) mass is 801 g/mol. The molecule has 5 aromatic carbocycles. The van der Waals surface area contributed by atoms with E-state index >= 15 is 0 Å². The summed E-state index contributed by atoms with van der Waals surface area (Å²) in [5.74, 6) is 4.71. The first-order chi connectivity index (χ1) is 28.9. The van der Waals surface area contributed by atoms with E-state index in [-0.39, 0.29) is 0 Å². The zero-order valence-corrected chi connectivity index (χ0v) is 37.3. The van der Waals surface area contributed by atoms with Crippen LogP contribution in [0.15, 0.2) is 121 Å². The van der Waals surface area contributed by atoms with E-state index in [1.165, 1.54) is 61.1 Å². The number of hydrogen-bond acceptors (Lipinski definition) is 4. The number of ether oxygens (including phenoxy) is 2. The first-order valence-electron chi connectivity index (χ1n) is 21.7. The molecule has 0 saturated heterocycles. The van der Waals surface area contributed by atoms with Gasteiger partial charge in [-0.15, -0.1) is 0 Å². The Balaban J connectivity index is 0.000000126. The maximum atomic E-state index is 5.27. The number of aliphatic imine (C=N–C) groups is 1. The molecule has 0 bridgehead atoms. The van der Waals surface area contributed by atoms with Gasteiger partial charge in [0, 0.05) is 24.3 Å². The fourth-order valence-corrected chi connectivity index (χ4v) is 7.11. The number of benzene rings is 5. The maximum Gasteiger partial charge on any atom is 0.231 e. The fourth-order valence-electron chi connectivity index (χ4n) is 7.11. The predicted molar refractivity (Wildman–Crippen MR) is 255 cm³/mol. The van der Waals surface area contributed by atoms with Crippen LogP contribution in [0.3, 0.4) is 0 Å². The largest absolute Gasteiger partial charge is 0.454 e. The van der Waals surface area contributed by atoms with E-state index in [1.54, 1.807) is 6.33 Å². The first kappa shape index (κ1) is 43.7. The van der Waals surface area contributed by atoms with Crippen LogP contribution in [0.5, 0.6) is 11.5 Å². The molecule has 2 aliphatic heterocycles. The summed E-state index contributed by atoms with van der Waals surface area (Å²) in [6.07, 6.45) is 12.3. The number of aromatic nitrogens is 3. The van der Waals surface area contributed by atoms with Crippen molar-refractivity contribution in [2.75, 3.05) is 6.79 Å². The van der Waals surface area contributed by atoms with Crippen molar-refractivity contribution >= 4 is 39.9 Å². The highest BCUT2D eigenvalue weighted by atomic mass is 16.7. The Bertz CT molecular complexity index is 2380. The van der Waals surface area contributed by atoms with Crippen molar-refractivity contribution in [3.8, 4) is 11.5 Å². The number of allylic oxidation sites excluding steroid dienone is 1. The molecule has 60 heavy (non-hydrogen) atoms. The maximum absolute atomic E-state index is 5.27. The van der Waals surface area contributed by atoms with Gasteiger partial charge < -0.3 is 19.4 Å². The molecule has 1 aliphatic carbocycles. The summed E-state index contributed by atoms with van der Waals surface area (Å²) in [5.41, 5.74) is 15.7. The quantitative estimate of drug-likeness (QED) is 0.182. The van der Waals surface area contributed by atoms with Crippen LogP contribution < -0.4 is 9.47 Å². The molecule has 2 N–H and O–H groups in total. The predicted octanol–water partition coefficient (Wildman–Crippen LogP) is 15.0. The number of aromatic amines is 2. The van der Waals surface area contributed by atoms with Gasteiger partial charge in [-0.3, -0.25) is 4.99 Å². The van der Waals surface area contributed by atoms with Crippen LogP contribution in [-0.2, 0) is 12.8 Å². The van der Waals surface area contributed by atoms with Gasteiger partial charge in [0.25, 0.3) is 0 Å². The minimum absolute atomic E-state index is 0.358. The van der Waals surface area contributed by atoms with Crippen LogP contribution in [0.1, 0.15) is 143 Å². The molecule has 312 valence electrons. The lowest BCUT2D eigenvalue weighted by Gasteiger charge is -2.07. The highest BCUT2D eigenvalue weighted by molar-refractivity contribution is 5.80. The van der Waals surface area contributed by atoms with E-state index in [9.17, 15) is 0 Å². The van der Waals surface area contributed by atoms with Crippen molar-refractivity contribution in [3.05, 3.63) is 160 Å². The second-order valence-electron chi connectivity index (χ2n) is 17.4. The van der Waals surface area contributed by atoms with E-state index in [1.807, 2.05) is 24.5 Å². The molecule has 7 aromatic rings. The number of rotatable bonds is 5. The lowest BCUT2D eigenvalue weighted by atomic mass is 9.99. The van der Waals surface area contributed by atoms with Crippen molar-refractivity contribution in [1.82, 2.24) is 15.0 Å². The molecular weight excluding hydrogens is 737 g/mol. The third-order valence-electron chi connectivity index (χ3n) is 11.2. The summed E-state index contributed by atoms with van der Waals surface area (Å²) < 4.78 is 10.5. The normalized spacial score (nSPS) is 12.8. The zero-order chi connectivity index (χ0) is 42.8. The minimum atomic E-state index is 0.358. The Morgan fingerprint density at radius 2 is 1.10 bits per heavy atom. The molecule has 6 heteroatoms. The van der Waals surface area contributed by atoms with Crippen molar-refractivity contribution in [3.63, 3.8) is 0 Å². The van der Waals surface area contributed by atoms with Crippen LogP contribution in [0.4, 0.5) is 5.69 Å². The van der Waals surface area contributed by atoms with Gasteiger partial charge in [-0.05, 0) is 128 Å². The van der Waals surface area contributed by atoms with Gasteiger partial charge in [-0.1, -0.05) is 136 Å². The lowest BCUT2D eigenvalue weighted by molar-refractivity contribution is 0.174. The van der Waals surface area contributed by atoms with Crippen LogP contribution >= 0.6 is 0 Å². The molecule has 4 heterocycles. The molecule has 0 fully saturated rings. The molecule has 0 amide bonds. The summed E-state index contributed by atoms with van der Waals surface area (Å²) in [6.45, 7) is 22.4. The van der Waals surface area contributed by atoms with Crippen molar-refractivity contribution in [2.45, 2.75) is 112 Å². The summed E-state index contributed by atoms with van der Waals surface area (Å²) >= 11 is 0. The van der Waals surface area contributed by atoms with Gasteiger partial charge in [0.1, 0.15) is 0 Å². The van der Waals surface area contributed by atoms with Crippen molar-refractivity contribution < 1.29 is 9.47 Å². The van der Waals surface area contributed by atoms with Crippen molar-refractivity contribution in [2.24, 2.45) is 4.99 Å². The lowest BCUT2D eigenvalue weighted by Crippen LogP contribution is -1.93. The van der Waals surface area contributed by atoms with Gasteiger partial charge in [-0.25, -0.2) is 4.98 Å². The summed E-state index contributed by atoms with van der Waals surface area (Å²) in [6, 6.07) is 34.5. The van der Waals surface area contributed by atoms with Crippen LogP contribution in [0.25, 0.3) is 28.0 Å². The Morgan fingerprint density at radius 3 is 1.82 bits per heavy atom. The minimum Gasteiger partial charge on any atom is -0.454 e. The standard InChI is InChI=1S/C12H14.2C11H13N.C10H12N2.C10H12O2/c1-9(2)11-7-6-10-4-3-5-12(10)8-11;2*1-8(2)10-4-3-9-5-6-12-11(9)7-10;2*1-7(2)8-3-4-9-10(5-8)12-6-11-9/h3,5-9H,4H2,1-2H3;3-4,6-8H,5H2,1-2H3;3-8,12H,1-2H3;3-7H,1-2H3,(H,11,12);3-5,7H,6H2,1-2H3. The Hall–Kier alpha value is -5.88. The summed E-state index contributed by atoms with van der Waals surface area (Å²) in [7, 11) is 0. The van der Waals surface area contributed by atoms with Gasteiger partial charge in [0.05, 0.1) is 23.0 Å². The second-order valence-corrected chi connectivity index (χ2v) is 17.4. The van der Waals surface area contributed by atoms with Crippen LogP contribution in [0.2, 0.25) is 0 Å². The highest BCUT2D eigenvalue weighted by Crippen LogP contribution is 2.34. The number of hydrogen-bond donors (Lipinski definition) is 2. The summed E-state index contributed by atoms with van der Waals surface area (Å²) in [4.78, 5) is 14.8. The van der Waals surface area contributed by atoms with Crippen LogP contribution in [0, 0.1) is 0 Å². The number of imidazole rings is 1. The average molecular weight is 801 g/mol. The van der Waals surface area contributed by atoms with Crippen molar-refractivity contribution in [1.29, 1.82) is 0 Å². The molecule has 10 rings (SSSR count). The van der Waals surface area contributed by atoms with E-state index in [0.717, 1.165) is 35.4 Å². The van der Waals surface area contributed by atoms with E-state index < -0.39 is 0 Å². The topological polar surface area (TPSA) is 75.3 Å². The Labute approximate surface area is 358 Å². The van der Waals surface area contributed by atoms with E-state index in [2.05, 4.69) is 186 Å². The molecular formula is C54H64N4O2. The third-order valence-corrected chi connectivity index (χ3v) is 11.2. The Kier molecular flexibility index (Phi) is 14.8. The first-order valence-corrected chi connectivity index (χ1v) is 21.7. The number of nitrogens with one attached hydrogen (secondary N) is 2. The van der Waals surface area contributed by atoms with Gasteiger partial charge >= 0.3 is 0 Å². The fraction of sp³-hybridized carbons (Fsp3) is 0.333. The average Bonchev–Trinajstić information content (AvgIpc) is 4.10. The van der Waals surface area contributed by atoms with Gasteiger partial charge in [-0.2, -0.15) is 0 Å². The molecule has 2 aromatic heterocycles. The Morgan fingerprint density at radius 1 is 0.517 bits per heavy atom. The van der Waals surface area contributed by atoms with E-state index in [0.29, 0.717) is 36.4 Å². The van der Waals surface area contributed by atoms with Crippen LogP contribution in [-0.4, -0.2) is 28.0 Å². The zero-order valence-electron chi connectivity index (χ0n) is 37.3. The molecule has 6 nitrogen and oxygen atoms in total. The van der Waals surface area contributed by atoms with Gasteiger partial charge in [0.15, 0.2) is 11.5 Å². The number of fused-ring (bicyclic) bond motifs is 5. The smallest absolute Gasteiger partial charge is 0.231 e. The SMILES string of the molecule is CC(C)c1ccc2c(c1)C=CC2.CC(C)c1ccc2c(c1)N=CC2.CC(C)c1ccc2c(c1)OCO2.CC(C)c1ccc2cc[nH]c2c1.CC(C)c1ccc2nc[nH]c2c1. The molecule has 0 atom stereocenters. The number of H-pyrrole nitrogens is 2.